The van der Waals surface area contributed by atoms with Crippen LogP contribution in [0.15, 0.2) is 30.3 Å². The smallest absolute Gasteiger partial charge is 0.336 e. The van der Waals surface area contributed by atoms with Crippen LogP contribution in [0, 0.1) is 10.1 Å². The number of nitro groups is 1. The molecular formula is C15H14N4O4. The van der Waals surface area contributed by atoms with Gasteiger partial charge in [-0.3, -0.25) is 10.1 Å². The molecule has 0 unspecified atom stereocenters. The van der Waals surface area contributed by atoms with E-state index < -0.39 is 4.92 Å². The molecule has 8 heteroatoms. The summed E-state index contributed by atoms with van der Waals surface area (Å²) in [5.41, 5.74) is 6.92. The van der Waals surface area contributed by atoms with Gasteiger partial charge in [-0.25, -0.2) is 9.97 Å². The highest BCUT2D eigenvalue weighted by molar-refractivity contribution is 5.77. The van der Waals surface area contributed by atoms with Gasteiger partial charge in [0.15, 0.2) is 11.5 Å². The summed E-state index contributed by atoms with van der Waals surface area (Å²) in [5.74, 6) is 0.0759. The number of ether oxygens (including phenoxy) is 1. The Morgan fingerprint density at radius 1 is 1.35 bits per heavy atom. The van der Waals surface area contributed by atoms with Crippen LogP contribution in [0.25, 0.3) is 17.0 Å². The first kappa shape index (κ1) is 14.9. The lowest BCUT2D eigenvalue weighted by Crippen LogP contribution is -2.10. The molecule has 0 saturated heterocycles. The van der Waals surface area contributed by atoms with Gasteiger partial charge in [0, 0.05) is 5.56 Å². The van der Waals surface area contributed by atoms with Crippen LogP contribution in [-0.4, -0.2) is 33.2 Å². The molecule has 2 heterocycles. The summed E-state index contributed by atoms with van der Waals surface area (Å²) < 4.78 is 5.23. The van der Waals surface area contributed by atoms with Crippen LogP contribution in [0.2, 0.25) is 0 Å². The molecule has 0 bridgehead atoms. The zero-order chi connectivity index (χ0) is 16.4. The number of hydrogen-bond acceptors (Lipinski definition) is 7. The Balaban J connectivity index is 2.19. The number of nitrogen functional groups attached to an aromatic ring is 1. The molecule has 1 aromatic heterocycles. The van der Waals surface area contributed by atoms with Crippen molar-refractivity contribution in [3.05, 3.63) is 46.1 Å². The Morgan fingerprint density at radius 3 is 2.83 bits per heavy atom. The number of aromatic nitrogens is 2. The normalized spacial score (nSPS) is 14.3. The highest BCUT2D eigenvalue weighted by Crippen LogP contribution is 2.34. The summed E-state index contributed by atoms with van der Waals surface area (Å²) >= 11 is 0. The molecule has 0 saturated carbocycles. The van der Waals surface area contributed by atoms with Gasteiger partial charge in [0.05, 0.1) is 18.1 Å². The summed E-state index contributed by atoms with van der Waals surface area (Å²) in [7, 11) is 0. The lowest BCUT2D eigenvalue weighted by molar-refractivity contribution is -0.384. The van der Waals surface area contributed by atoms with Crippen LogP contribution in [0.5, 0.6) is 5.75 Å². The SMILES string of the molecule is Nc1nc(-c2cccc(O)c2)nc(C2=CCOCC2)c1[N+](=O)[O-]. The van der Waals surface area contributed by atoms with Crippen molar-refractivity contribution < 1.29 is 14.8 Å². The molecule has 3 N–H and O–H groups in total. The van der Waals surface area contributed by atoms with E-state index in [0.29, 0.717) is 30.8 Å². The van der Waals surface area contributed by atoms with E-state index >= 15 is 0 Å². The molecule has 0 atom stereocenters. The van der Waals surface area contributed by atoms with Crippen LogP contribution in [0.3, 0.4) is 0 Å². The third-order valence-corrected chi connectivity index (χ3v) is 3.47. The van der Waals surface area contributed by atoms with Crippen LogP contribution in [-0.2, 0) is 4.74 Å². The van der Waals surface area contributed by atoms with Gasteiger partial charge in [-0.1, -0.05) is 18.2 Å². The first-order chi connectivity index (χ1) is 11.1. The van der Waals surface area contributed by atoms with Crippen molar-refractivity contribution in [2.45, 2.75) is 6.42 Å². The van der Waals surface area contributed by atoms with E-state index in [2.05, 4.69) is 9.97 Å². The van der Waals surface area contributed by atoms with Crippen LogP contribution >= 0.6 is 0 Å². The number of phenolic OH excluding ortho intramolecular Hbond substituents is 1. The van der Waals surface area contributed by atoms with Crippen molar-refractivity contribution in [2.24, 2.45) is 0 Å². The van der Waals surface area contributed by atoms with Gasteiger partial charge in [0.1, 0.15) is 5.75 Å². The molecule has 0 spiro atoms. The second-order valence-corrected chi connectivity index (χ2v) is 4.99. The number of nitrogens with two attached hydrogens (primary N) is 1. The lowest BCUT2D eigenvalue weighted by atomic mass is 10.1. The monoisotopic (exact) mass is 314 g/mol. The predicted octanol–water partition coefficient (Wildman–Crippen LogP) is 2.14. The summed E-state index contributed by atoms with van der Waals surface area (Å²) in [4.78, 5) is 19.1. The fourth-order valence-electron chi connectivity index (χ4n) is 2.39. The van der Waals surface area contributed by atoms with E-state index in [1.54, 1.807) is 18.2 Å². The molecule has 3 rings (SSSR count). The highest BCUT2D eigenvalue weighted by atomic mass is 16.6. The first-order valence-corrected chi connectivity index (χ1v) is 6.94. The number of hydrogen-bond donors (Lipinski definition) is 2. The van der Waals surface area contributed by atoms with Crippen molar-refractivity contribution in [2.75, 3.05) is 18.9 Å². The number of benzene rings is 1. The second kappa shape index (κ2) is 6.01. The molecule has 1 aliphatic heterocycles. The van der Waals surface area contributed by atoms with Crippen molar-refractivity contribution in [3.63, 3.8) is 0 Å². The van der Waals surface area contributed by atoms with Gasteiger partial charge in [-0.2, -0.15) is 0 Å². The number of phenols is 1. The summed E-state index contributed by atoms with van der Waals surface area (Å²) in [6.45, 7) is 0.839. The van der Waals surface area contributed by atoms with Gasteiger partial charge in [-0.05, 0) is 24.1 Å². The topological polar surface area (TPSA) is 124 Å². The van der Waals surface area contributed by atoms with Gasteiger partial charge in [0.2, 0.25) is 5.82 Å². The molecule has 0 fully saturated rings. The average Bonchev–Trinajstić information content (AvgIpc) is 2.54. The maximum Gasteiger partial charge on any atom is 0.336 e. The molecule has 2 aromatic rings. The molecule has 23 heavy (non-hydrogen) atoms. The third kappa shape index (κ3) is 2.97. The fourth-order valence-corrected chi connectivity index (χ4v) is 2.39. The first-order valence-electron chi connectivity index (χ1n) is 6.94. The standard InChI is InChI=1S/C15H14N4O4/c16-14-13(19(21)22)12(9-4-6-23-7-5-9)17-15(18-14)10-2-1-3-11(20)8-10/h1-4,8,20H,5-7H2,(H2,16,17,18). The van der Waals surface area contributed by atoms with Crippen molar-refractivity contribution in [1.29, 1.82) is 0 Å². The minimum Gasteiger partial charge on any atom is -0.508 e. The molecule has 1 aromatic carbocycles. The highest BCUT2D eigenvalue weighted by Gasteiger charge is 2.26. The number of aromatic hydroxyl groups is 1. The summed E-state index contributed by atoms with van der Waals surface area (Å²) in [6, 6.07) is 6.32. The quantitative estimate of drug-likeness (QED) is 0.656. The van der Waals surface area contributed by atoms with Crippen molar-refractivity contribution in [1.82, 2.24) is 9.97 Å². The van der Waals surface area contributed by atoms with Crippen LogP contribution in [0.1, 0.15) is 12.1 Å². The van der Waals surface area contributed by atoms with E-state index in [0.717, 1.165) is 0 Å². The van der Waals surface area contributed by atoms with E-state index in [1.165, 1.54) is 12.1 Å². The minimum absolute atomic E-state index is 0.0508. The largest absolute Gasteiger partial charge is 0.508 e. The lowest BCUT2D eigenvalue weighted by Gasteiger charge is -2.14. The molecule has 1 aliphatic rings. The Morgan fingerprint density at radius 2 is 2.17 bits per heavy atom. The van der Waals surface area contributed by atoms with Crippen molar-refractivity contribution in [3.8, 4) is 17.1 Å². The Bertz CT molecular complexity index is 804. The molecular weight excluding hydrogens is 300 g/mol. The fraction of sp³-hybridized carbons (Fsp3) is 0.200. The van der Waals surface area contributed by atoms with Gasteiger partial charge in [0.25, 0.3) is 0 Å². The van der Waals surface area contributed by atoms with Crippen LogP contribution < -0.4 is 5.73 Å². The zero-order valence-corrected chi connectivity index (χ0v) is 12.1. The Kier molecular flexibility index (Phi) is 3.90. The van der Waals surface area contributed by atoms with E-state index in [-0.39, 0.29) is 28.8 Å². The number of anilines is 1. The molecule has 0 amide bonds. The molecule has 0 aliphatic carbocycles. The van der Waals surface area contributed by atoms with E-state index in [1.807, 2.05) is 0 Å². The van der Waals surface area contributed by atoms with E-state index in [4.69, 9.17) is 10.5 Å². The Labute approximate surface area is 131 Å². The maximum atomic E-state index is 11.3. The maximum absolute atomic E-state index is 11.3. The van der Waals surface area contributed by atoms with E-state index in [9.17, 15) is 15.2 Å². The number of rotatable bonds is 3. The molecule has 0 radical (unpaired) electrons. The second-order valence-electron chi connectivity index (χ2n) is 4.99. The third-order valence-electron chi connectivity index (χ3n) is 3.47. The zero-order valence-electron chi connectivity index (χ0n) is 12.1. The van der Waals surface area contributed by atoms with Crippen LogP contribution in [0.4, 0.5) is 11.5 Å². The summed E-state index contributed by atoms with van der Waals surface area (Å²) in [6.07, 6.45) is 2.27. The summed E-state index contributed by atoms with van der Waals surface area (Å²) in [5, 5.41) is 20.9. The molecule has 8 nitrogen and oxygen atoms in total. The molecule has 118 valence electrons. The number of nitrogens with zero attached hydrogens (tertiary/aromatic N) is 3. The minimum atomic E-state index is -0.576. The van der Waals surface area contributed by atoms with Gasteiger partial charge in [-0.15, -0.1) is 0 Å². The van der Waals surface area contributed by atoms with Crippen molar-refractivity contribution >= 4 is 17.1 Å². The predicted molar refractivity (Wildman–Crippen MR) is 83.6 cm³/mol. The van der Waals surface area contributed by atoms with Gasteiger partial charge < -0.3 is 15.6 Å². The average molecular weight is 314 g/mol. The Hall–Kier alpha value is -3.00. The van der Waals surface area contributed by atoms with Gasteiger partial charge >= 0.3 is 5.69 Å².